The third-order valence-corrected chi connectivity index (χ3v) is 5.25. The van der Waals surface area contributed by atoms with Crippen molar-refractivity contribution in [3.63, 3.8) is 0 Å². The molecule has 0 spiro atoms. The van der Waals surface area contributed by atoms with Gasteiger partial charge in [0.2, 0.25) is 0 Å². The van der Waals surface area contributed by atoms with E-state index in [1.165, 1.54) is 12.3 Å². The van der Waals surface area contributed by atoms with Gasteiger partial charge in [0, 0.05) is 24.3 Å². The molecule has 0 radical (unpaired) electrons. The number of halogens is 2. The predicted octanol–water partition coefficient (Wildman–Crippen LogP) is 4.13. The fraction of sp³-hybridized carbons (Fsp3) is 0.400. The summed E-state index contributed by atoms with van der Waals surface area (Å²) in [6, 6.07) is 9.06. The maximum absolute atomic E-state index is 13.1. The molecule has 1 aliphatic rings. The third-order valence-electron chi connectivity index (χ3n) is 5.25. The zero-order valence-corrected chi connectivity index (χ0v) is 15.4. The van der Waals surface area contributed by atoms with Crippen molar-refractivity contribution >= 4 is 11.5 Å². The summed E-state index contributed by atoms with van der Waals surface area (Å²) >= 11 is 0. The second-order valence-electron chi connectivity index (χ2n) is 7.69. The highest BCUT2D eigenvalue weighted by Gasteiger charge is 2.32. The van der Waals surface area contributed by atoms with Crippen LogP contribution in [0.3, 0.4) is 0 Å². The number of hydrogen-bond donors (Lipinski definition) is 2. The van der Waals surface area contributed by atoms with E-state index in [1.54, 1.807) is 16.7 Å². The molecule has 0 unspecified atom stereocenters. The molecular weight excluding hydrogens is 348 g/mol. The summed E-state index contributed by atoms with van der Waals surface area (Å²) < 4.78 is 27.8. The number of hydrogen-bond acceptors (Lipinski definition) is 4. The van der Waals surface area contributed by atoms with Crippen LogP contribution in [0.2, 0.25) is 0 Å². The average molecular weight is 371 g/mol. The van der Waals surface area contributed by atoms with Crippen LogP contribution < -0.4 is 10.6 Å². The van der Waals surface area contributed by atoms with Crippen LogP contribution in [0, 0.1) is 5.41 Å². The fourth-order valence-corrected chi connectivity index (χ4v) is 3.59. The van der Waals surface area contributed by atoms with Crippen molar-refractivity contribution < 1.29 is 8.78 Å². The first kappa shape index (κ1) is 17.9. The number of alkyl halides is 2. The number of nitrogens with zero attached hydrogens (tertiary/aromatic N) is 3. The second kappa shape index (κ2) is 6.88. The van der Waals surface area contributed by atoms with E-state index in [2.05, 4.69) is 29.5 Å². The summed E-state index contributed by atoms with van der Waals surface area (Å²) in [5.74, 6) is 0.785. The minimum atomic E-state index is -2.52. The first-order chi connectivity index (χ1) is 12.9. The van der Waals surface area contributed by atoms with Gasteiger partial charge in [0.05, 0.1) is 17.6 Å². The molecule has 4 heterocycles. The molecule has 27 heavy (non-hydrogen) atoms. The van der Waals surface area contributed by atoms with Crippen molar-refractivity contribution in [3.8, 4) is 11.4 Å². The molecule has 142 valence electrons. The Balaban J connectivity index is 1.66. The van der Waals surface area contributed by atoms with Gasteiger partial charge in [-0.05, 0) is 42.6 Å². The van der Waals surface area contributed by atoms with Crippen molar-refractivity contribution in [2.75, 3.05) is 18.4 Å². The maximum Gasteiger partial charge on any atom is 0.265 e. The summed E-state index contributed by atoms with van der Waals surface area (Å²) in [4.78, 5) is 9.03. The number of aromatic nitrogens is 3. The van der Waals surface area contributed by atoms with Gasteiger partial charge < -0.3 is 10.6 Å². The van der Waals surface area contributed by atoms with Gasteiger partial charge in [-0.15, -0.1) is 0 Å². The van der Waals surface area contributed by atoms with Crippen LogP contribution in [0.25, 0.3) is 17.0 Å². The van der Waals surface area contributed by atoms with E-state index in [4.69, 9.17) is 4.98 Å². The monoisotopic (exact) mass is 371 g/mol. The number of nitrogens with one attached hydrogen (secondary N) is 2. The highest BCUT2D eigenvalue weighted by Crippen LogP contribution is 2.29. The van der Waals surface area contributed by atoms with E-state index >= 15 is 0 Å². The fourth-order valence-electron chi connectivity index (χ4n) is 3.59. The SMILES string of the molecule is CC1(C)CNCC[C@H]1Nc1cccc(-c2cnc3ccc(C(F)F)cn23)n1. The highest BCUT2D eigenvalue weighted by molar-refractivity contribution is 5.62. The summed E-state index contributed by atoms with van der Waals surface area (Å²) in [5.41, 5.74) is 2.10. The number of imidazole rings is 1. The van der Waals surface area contributed by atoms with Crippen molar-refractivity contribution in [1.82, 2.24) is 19.7 Å². The van der Waals surface area contributed by atoms with Gasteiger partial charge in [0.25, 0.3) is 6.43 Å². The van der Waals surface area contributed by atoms with Crippen LogP contribution in [-0.4, -0.2) is 33.5 Å². The molecule has 1 fully saturated rings. The van der Waals surface area contributed by atoms with Crippen molar-refractivity contribution in [1.29, 1.82) is 0 Å². The average Bonchev–Trinajstić information content (AvgIpc) is 3.07. The first-order valence-electron chi connectivity index (χ1n) is 9.14. The molecule has 0 bridgehead atoms. The smallest absolute Gasteiger partial charge is 0.265 e. The van der Waals surface area contributed by atoms with Crippen molar-refractivity contribution in [2.45, 2.75) is 32.7 Å². The predicted molar refractivity (Wildman–Crippen MR) is 102 cm³/mol. The van der Waals surface area contributed by atoms with E-state index in [0.717, 1.165) is 25.3 Å². The molecule has 0 aromatic carbocycles. The van der Waals surface area contributed by atoms with Crippen LogP contribution in [-0.2, 0) is 0 Å². The number of fused-ring (bicyclic) bond motifs is 1. The Morgan fingerprint density at radius 2 is 2.11 bits per heavy atom. The van der Waals surface area contributed by atoms with Crippen molar-refractivity contribution in [2.24, 2.45) is 5.41 Å². The highest BCUT2D eigenvalue weighted by atomic mass is 19.3. The molecule has 0 aliphatic carbocycles. The Kier molecular flexibility index (Phi) is 4.55. The van der Waals surface area contributed by atoms with Crippen molar-refractivity contribution in [3.05, 3.63) is 48.3 Å². The Morgan fingerprint density at radius 1 is 1.26 bits per heavy atom. The van der Waals surface area contributed by atoms with Crippen LogP contribution in [0.1, 0.15) is 32.3 Å². The second-order valence-corrected chi connectivity index (χ2v) is 7.69. The topological polar surface area (TPSA) is 54.2 Å². The molecule has 2 N–H and O–H groups in total. The summed E-state index contributed by atoms with van der Waals surface area (Å²) in [6.45, 7) is 6.40. The van der Waals surface area contributed by atoms with E-state index in [-0.39, 0.29) is 11.0 Å². The lowest BCUT2D eigenvalue weighted by atomic mass is 9.80. The van der Waals surface area contributed by atoms with Crippen LogP contribution in [0.4, 0.5) is 14.6 Å². The van der Waals surface area contributed by atoms with E-state index in [1.807, 2.05) is 18.2 Å². The molecule has 3 aromatic rings. The molecule has 3 aromatic heterocycles. The van der Waals surface area contributed by atoms with Gasteiger partial charge in [-0.3, -0.25) is 4.40 Å². The van der Waals surface area contributed by atoms with E-state index < -0.39 is 6.43 Å². The van der Waals surface area contributed by atoms with Gasteiger partial charge >= 0.3 is 0 Å². The Bertz CT molecular complexity index is 950. The molecule has 7 heteroatoms. The van der Waals surface area contributed by atoms with Gasteiger partial charge in [-0.1, -0.05) is 19.9 Å². The van der Waals surface area contributed by atoms with Crippen LogP contribution in [0.5, 0.6) is 0 Å². The first-order valence-corrected chi connectivity index (χ1v) is 9.14. The van der Waals surface area contributed by atoms with E-state index in [0.29, 0.717) is 23.1 Å². The molecule has 1 atom stereocenters. The lowest BCUT2D eigenvalue weighted by Crippen LogP contribution is -2.49. The lowest BCUT2D eigenvalue weighted by Gasteiger charge is -2.39. The van der Waals surface area contributed by atoms with Gasteiger partial charge in [-0.25, -0.2) is 18.7 Å². The summed E-state index contributed by atoms with van der Waals surface area (Å²) in [5, 5.41) is 6.98. The molecule has 1 aliphatic heterocycles. The van der Waals surface area contributed by atoms with Gasteiger partial charge in [0.1, 0.15) is 11.5 Å². The minimum Gasteiger partial charge on any atom is -0.367 e. The minimum absolute atomic E-state index is 0.0347. The van der Waals surface area contributed by atoms with Gasteiger partial charge in [-0.2, -0.15) is 0 Å². The van der Waals surface area contributed by atoms with E-state index in [9.17, 15) is 8.78 Å². The number of rotatable bonds is 4. The largest absolute Gasteiger partial charge is 0.367 e. The van der Waals surface area contributed by atoms with Crippen LogP contribution >= 0.6 is 0 Å². The number of piperidine rings is 1. The molecule has 5 nitrogen and oxygen atoms in total. The standard InChI is InChI=1S/C20H23F2N5/c1-20(2)12-23-9-8-16(20)26-17-5-3-4-14(25-17)15-10-24-18-7-6-13(19(21)22)11-27(15)18/h3-7,10-11,16,19,23H,8-9,12H2,1-2H3,(H,25,26)/t16-/m1/s1. The normalized spacial score (nSPS) is 19.5. The molecular formula is C20H23F2N5. The molecule has 0 amide bonds. The number of pyridine rings is 2. The maximum atomic E-state index is 13.1. The van der Waals surface area contributed by atoms with Gasteiger partial charge in [0.15, 0.2) is 0 Å². The Morgan fingerprint density at radius 3 is 2.89 bits per heavy atom. The molecule has 0 saturated carbocycles. The molecule has 4 rings (SSSR count). The summed E-state index contributed by atoms with van der Waals surface area (Å²) in [7, 11) is 0. The third kappa shape index (κ3) is 3.51. The lowest BCUT2D eigenvalue weighted by molar-refractivity contribution is 0.151. The number of anilines is 1. The zero-order valence-electron chi connectivity index (χ0n) is 15.4. The Hall–Kier alpha value is -2.54. The quantitative estimate of drug-likeness (QED) is 0.724. The Labute approximate surface area is 156 Å². The summed E-state index contributed by atoms with van der Waals surface area (Å²) in [6.07, 6.45) is 1.60. The molecule has 1 saturated heterocycles. The van der Waals surface area contributed by atoms with Crippen LogP contribution in [0.15, 0.2) is 42.7 Å². The zero-order chi connectivity index (χ0) is 19.0.